The normalized spacial score (nSPS) is 15.9. The summed E-state index contributed by atoms with van der Waals surface area (Å²) in [7, 11) is 0. The highest BCUT2D eigenvalue weighted by Crippen LogP contribution is 2.17. The third-order valence-corrected chi connectivity index (χ3v) is 3.66. The maximum Gasteiger partial charge on any atom is 0.317 e. The molecule has 108 valence electrons. The van der Waals surface area contributed by atoms with Crippen molar-refractivity contribution in [3.63, 3.8) is 0 Å². The van der Waals surface area contributed by atoms with Gasteiger partial charge in [-0.2, -0.15) is 0 Å². The molecule has 0 atom stereocenters. The number of hydrogen-bond acceptors (Lipinski definition) is 2. The van der Waals surface area contributed by atoms with E-state index in [9.17, 15) is 9.59 Å². The minimum atomic E-state index is -0.755. The number of carbonyl (C=O) groups is 2. The van der Waals surface area contributed by atoms with Crippen LogP contribution in [0, 0.1) is 5.92 Å². The summed E-state index contributed by atoms with van der Waals surface area (Å²) in [4.78, 5) is 24.5. The van der Waals surface area contributed by atoms with E-state index in [1.165, 1.54) is 5.56 Å². The Balaban J connectivity index is 1.69. The van der Waals surface area contributed by atoms with Gasteiger partial charge >= 0.3 is 12.0 Å². The smallest absolute Gasteiger partial charge is 0.317 e. The third kappa shape index (κ3) is 3.98. The van der Waals surface area contributed by atoms with Crippen molar-refractivity contribution in [1.29, 1.82) is 0 Å². The lowest BCUT2D eigenvalue weighted by atomic mass is 9.97. The van der Waals surface area contributed by atoms with Gasteiger partial charge in [0.15, 0.2) is 0 Å². The zero-order chi connectivity index (χ0) is 14.4. The molecule has 1 aromatic carbocycles. The number of amides is 2. The molecule has 0 aliphatic carbocycles. The van der Waals surface area contributed by atoms with E-state index in [2.05, 4.69) is 5.32 Å². The quantitative estimate of drug-likeness (QED) is 0.880. The van der Waals surface area contributed by atoms with Crippen LogP contribution in [-0.4, -0.2) is 41.6 Å². The Bertz CT molecular complexity index is 453. The van der Waals surface area contributed by atoms with Crippen LogP contribution in [0.1, 0.15) is 18.4 Å². The molecule has 1 aliphatic rings. The van der Waals surface area contributed by atoms with Gasteiger partial charge in [-0.25, -0.2) is 4.79 Å². The first-order valence-electron chi connectivity index (χ1n) is 6.96. The first-order chi connectivity index (χ1) is 9.66. The number of likely N-dealkylation sites (tertiary alicyclic amines) is 1. The number of piperidine rings is 1. The van der Waals surface area contributed by atoms with Gasteiger partial charge in [-0.1, -0.05) is 30.3 Å². The highest BCUT2D eigenvalue weighted by atomic mass is 16.4. The van der Waals surface area contributed by atoms with Gasteiger partial charge in [0.1, 0.15) is 0 Å². The monoisotopic (exact) mass is 276 g/mol. The highest BCUT2D eigenvalue weighted by molar-refractivity contribution is 5.75. The van der Waals surface area contributed by atoms with E-state index in [1.54, 1.807) is 4.90 Å². The molecule has 1 saturated heterocycles. The van der Waals surface area contributed by atoms with Crippen molar-refractivity contribution in [2.45, 2.75) is 19.3 Å². The SMILES string of the molecule is O=C(O)C1CCN(C(=O)NCCc2ccccc2)CC1. The van der Waals surface area contributed by atoms with Crippen LogP contribution in [0.3, 0.4) is 0 Å². The molecule has 2 rings (SSSR count). The summed E-state index contributed by atoms with van der Waals surface area (Å²) in [6, 6.07) is 9.90. The molecule has 0 spiro atoms. The van der Waals surface area contributed by atoms with Gasteiger partial charge in [0.25, 0.3) is 0 Å². The van der Waals surface area contributed by atoms with Crippen molar-refractivity contribution in [3.8, 4) is 0 Å². The van der Waals surface area contributed by atoms with Crippen LogP contribution in [0.15, 0.2) is 30.3 Å². The van der Waals surface area contributed by atoms with Gasteiger partial charge in [0, 0.05) is 19.6 Å². The number of nitrogens with zero attached hydrogens (tertiary/aromatic N) is 1. The molecule has 0 saturated carbocycles. The molecular formula is C15H20N2O3. The van der Waals surface area contributed by atoms with Crippen molar-refractivity contribution in [2.24, 2.45) is 5.92 Å². The van der Waals surface area contributed by atoms with Crippen LogP contribution in [0.2, 0.25) is 0 Å². The van der Waals surface area contributed by atoms with Gasteiger partial charge in [-0.15, -0.1) is 0 Å². The molecule has 5 heteroatoms. The van der Waals surface area contributed by atoms with Crippen molar-refractivity contribution >= 4 is 12.0 Å². The van der Waals surface area contributed by atoms with Crippen LogP contribution in [0.5, 0.6) is 0 Å². The summed E-state index contributed by atoms with van der Waals surface area (Å²) >= 11 is 0. The number of nitrogens with one attached hydrogen (secondary N) is 1. The largest absolute Gasteiger partial charge is 0.481 e. The average molecular weight is 276 g/mol. The van der Waals surface area contributed by atoms with Crippen LogP contribution in [-0.2, 0) is 11.2 Å². The fourth-order valence-corrected chi connectivity index (χ4v) is 2.40. The lowest BCUT2D eigenvalue weighted by molar-refractivity contribution is -0.143. The summed E-state index contributed by atoms with van der Waals surface area (Å²) in [5.41, 5.74) is 1.19. The van der Waals surface area contributed by atoms with Crippen molar-refractivity contribution in [1.82, 2.24) is 10.2 Å². The van der Waals surface area contributed by atoms with Gasteiger partial charge in [-0.05, 0) is 24.8 Å². The Labute approximate surface area is 118 Å². The summed E-state index contributed by atoms with van der Waals surface area (Å²) < 4.78 is 0. The first kappa shape index (κ1) is 14.4. The van der Waals surface area contributed by atoms with Gasteiger partial charge < -0.3 is 15.3 Å². The van der Waals surface area contributed by atoms with Crippen molar-refractivity contribution in [3.05, 3.63) is 35.9 Å². The molecule has 0 bridgehead atoms. The number of carbonyl (C=O) groups excluding carboxylic acids is 1. The summed E-state index contributed by atoms with van der Waals surface area (Å²) in [5, 5.41) is 11.8. The number of aliphatic carboxylic acids is 1. The summed E-state index contributed by atoms with van der Waals surface area (Å²) in [6.07, 6.45) is 1.89. The summed E-state index contributed by atoms with van der Waals surface area (Å²) in [5.74, 6) is -1.06. The van der Waals surface area contributed by atoms with Crippen LogP contribution >= 0.6 is 0 Å². The molecular weight excluding hydrogens is 256 g/mol. The summed E-state index contributed by atoms with van der Waals surface area (Å²) in [6.45, 7) is 1.64. The number of rotatable bonds is 4. The van der Waals surface area contributed by atoms with Crippen molar-refractivity contribution in [2.75, 3.05) is 19.6 Å². The third-order valence-electron chi connectivity index (χ3n) is 3.66. The predicted molar refractivity (Wildman–Crippen MR) is 75.5 cm³/mol. The van der Waals surface area contributed by atoms with E-state index < -0.39 is 5.97 Å². The fraction of sp³-hybridized carbons (Fsp3) is 0.467. The Morgan fingerprint density at radius 3 is 2.45 bits per heavy atom. The Hall–Kier alpha value is -2.04. The molecule has 20 heavy (non-hydrogen) atoms. The van der Waals surface area contributed by atoms with E-state index in [0.717, 1.165) is 6.42 Å². The Kier molecular flexibility index (Phi) is 4.98. The number of urea groups is 1. The minimum absolute atomic E-state index is 0.0928. The minimum Gasteiger partial charge on any atom is -0.481 e. The molecule has 2 N–H and O–H groups in total. The molecule has 5 nitrogen and oxygen atoms in total. The van der Waals surface area contributed by atoms with Gasteiger partial charge in [0.05, 0.1) is 5.92 Å². The first-order valence-corrected chi connectivity index (χ1v) is 6.96. The molecule has 0 unspecified atom stereocenters. The van der Waals surface area contributed by atoms with E-state index in [-0.39, 0.29) is 11.9 Å². The van der Waals surface area contributed by atoms with Crippen LogP contribution in [0.25, 0.3) is 0 Å². The van der Waals surface area contributed by atoms with Crippen LogP contribution in [0.4, 0.5) is 4.79 Å². The molecule has 0 aromatic heterocycles. The zero-order valence-electron chi connectivity index (χ0n) is 11.4. The number of carboxylic acid groups (broad SMARTS) is 1. The maximum absolute atomic E-state index is 11.9. The average Bonchev–Trinajstić information content (AvgIpc) is 2.48. The Morgan fingerprint density at radius 2 is 1.85 bits per heavy atom. The standard InChI is InChI=1S/C15H20N2O3/c18-14(19)13-7-10-17(11-8-13)15(20)16-9-6-12-4-2-1-3-5-12/h1-5,13H,6-11H2,(H,16,20)(H,18,19). The molecule has 0 radical (unpaired) electrons. The number of hydrogen-bond donors (Lipinski definition) is 2. The second-order valence-electron chi connectivity index (χ2n) is 5.07. The maximum atomic E-state index is 11.9. The Morgan fingerprint density at radius 1 is 1.20 bits per heavy atom. The lowest BCUT2D eigenvalue weighted by Gasteiger charge is -2.30. The zero-order valence-corrected chi connectivity index (χ0v) is 11.4. The fourth-order valence-electron chi connectivity index (χ4n) is 2.40. The van der Waals surface area contributed by atoms with E-state index in [0.29, 0.717) is 32.5 Å². The molecule has 1 aliphatic heterocycles. The number of carboxylic acids is 1. The van der Waals surface area contributed by atoms with Crippen LogP contribution < -0.4 is 5.32 Å². The number of benzene rings is 1. The second kappa shape index (κ2) is 6.93. The molecule has 1 heterocycles. The van der Waals surface area contributed by atoms with Crippen molar-refractivity contribution < 1.29 is 14.7 Å². The molecule has 2 amide bonds. The highest BCUT2D eigenvalue weighted by Gasteiger charge is 2.26. The van der Waals surface area contributed by atoms with Gasteiger partial charge in [-0.3, -0.25) is 4.79 Å². The lowest BCUT2D eigenvalue weighted by Crippen LogP contribution is -2.45. The predicted octanol–water partition coefficient (Wildman–Crippen LogP) is 1.74. The topological polar surface area (TPSA) is 69.6 Å². The molecule has 1 aromatic rings. The molecule has 1 fully saturated rings. The van der Waals surface area contributed by atoms with E-state index >= 15 is 0 Å². The second-order valence-corrected chi connectivity index (χ2v) is 5.07. The van der Waals surface area contributed by atoms with E-state index in [4.69, 9.17) is 5.11 Å². The van der Waals surface area contributed by atoms with Gasteiger partial charge in [0.2, 0.25) is 0 Å². The van der Waals surface area contributed by atoms with E-state index in [1.807, 2.05) is 30.3 Å².